The summed E-state index contributed by atoms with van der Waals surface area (Å²) in [5.74, 6) is 0.216. The number of amides is 1. The maximum absolute atomic E-state index is 12.6. The van der Waals surface area contributed by atoms with E-state index in [1.807, 2.05) is 18.0 Å². The molecule has 0 radical (unpaired) electrons. The summed E-state index contributed by atoms with van der Waals surface area (Å²) in [6, 6.07) is 10.9. The van der Waals surface area contributed by atoms with E-state index in [1.165, 1.54) is 5.56 Å². The Balaban J connectivity index is 1.48. The van der Waals surface area contributed by atoms with Crippen LogP contribution in [0, 0.1) is 0 Å². The summed E-state index contributed by atoms with van der Waals surface area (Å²) in [6.45, 7) is 5.42. The first-order valence-electron chi connectivity index (χ1n) is 9.06. The highest BCUT2D eigenvalue weighted by atomic mass is 16.5. The van der Waals surface area contributed by atoms with Crippen molar-refractivity contribution in [1.82, 2.24) is 15.1 Å². The zero-order valence-corrected chi connectivity index (χ0v) is 14.6. The van der Waals surface area contributed by atoms with Crippen molar-refractivity contribution in [1.29, 1.82) is 0 Å². The number of morpholine rings is 1. The maximum atomic E-state index is 12.6. The Morgan fingerprint density at radius 3 is 2.79 bits per heavy atom. The number of piperidine rings is 1. The number of carbonyl (C=O) groups is 1. The highest BCUT2D eigenvalue weighted by molar-refractivity contribution is 5.76. The number of nitrogens with zero attached hydrogens (tertiary/aromatic N) is 2. The summed E-state index contributed by atoms with van der Waals surface area (Å²) < 4.78 is 5.85. The molecule has 2 heterocycles. The Labute approximate surface area is 145 Å². The summed E-state index contributed by atoms with van der Waals surface area (Å²) in [5.41, 5.74) is 1.32. The molecule has 1 amide bonds. The van der Waals surface area contributed by atoms with E-state index in [4.69, 9.17) is 4.74 Å². The maximum Gasteiger partial charge on any atom is 0.225 e. The van der Waals surface area contributed by atoms with Gasteiger partial charge in [0.15, 0.2) is 0 Å². The summed E-state index contributed by atoms with van der Waals surface area (Å²) in [6.07, 6.45) is 2.60. The minimum Gasteiger partial charge on any atom is -0.375 e. The van der Waals surface area contributed by atoms with Crippen LogP contribution in [0.15, 0.2) is 30.3 Å². The summed E-state index contributed by atoms with van der Waals surface area (Å²) >= 11 is 0. The number of rotatable bonds is 5. The quantitative estimate of drug-likeness (QED) is 0.888. The van der Waals surface area contributed by atoms with Gasteiger partial charge in [-0.25, -0.2) is 0 Å². The first-order valence-corrected chi connectivity index (χ1v) is 9.06. The van der Waals surface area contributed by atoms with Gasteiger partial charge in [0.05, 0.1) is 19.1 Å². The number of carbonyl (C=O) groups excluding carboxylic acids is 1. The summed E-state index contributed by atoms with van der Waals surface area (Å²) in [5, 5.41) is 3.35. The monoisotopic (exact) mass is 331 g/mol. The van der Waals surface area contributed by atoms with Crippen molar-refractivity contribution < 1.29 is 9.53 Å². The van der Waals surface area contributed by atoms with Crippen LogP contribution in [0.3, 0.4) is 0 Å². The Morgan fingerprint density at radius 2 is 2.04 bits per heavy atom. The van der Waals surface area contributed by atoms with E-state index in [1.54, 1.807) is 0 Å². The van der Waals surface area contributed by atoms with Crippen LogP contribution in [-0.4, -0.2) is 67.7 Å². The molecule has 0 spiro atoms. The van der Waals surface area contributed by atoms with E-state index >= 15 is 0 Å². The van der Waals surface area contributed by atoms with Gasteiger partial charge in [-0.3, -0.25) is 9.69 Å². The van der Waals surface area contributed by atoms with E-state index in [2.05, 4.69) is 34.5 Å². The van der Waals surface area contributed by atoms with Crippen molar-refractivity contribution >= 4 is 5.91 Å². The van der Waals surface area contributed by atoms with Crippen LogP contribution in [0.1, 0.15) is 24.8 Å². The molecule has 0 saturated carbocycles. The second-order valence-corrected chi connectivity index (χ2v) is 6.90. The minimum atomic E-state index is 0.0131. The molecule has 2 aliphatic rings. The SMILES string of the molecule is CN(C(=O)CC1CN(Cc2ccccc2)CCO1)C1CCNCC1. The number of nitrogens with one attached hydrogen (secondary N) is 1. The summed E-state index contributed by atoms with van der Waals surface area (Å²) in [7, 11) is 1.95. The van der Waals surface area contributed by atoms with E-state index < -0.39 is 0 Å². The molecule has 2 fully saturated rings. The fraction of sp³-hybridized carbons (Fsp3) is 0.632. The van der Waals surface area contributed by atoms with E-state index in [0.29, 0.717) is 19.1 Å². The molecule has 1 aromatic carbocycles. The molecular weight excluding hydrogens is 302 g/mol. The van der Waals surface area contributed by atoms with Crippen LogP contribution in [-0.2, 0) is 16.1 Å². The van der Waals surface area contributed by atoms with Gasteiger partial charge < -0.3 is 15.0 Å². The molecule has 2 aliphatic heterocycles. The molecule has 5 nitrogen and oxygen atoms in total. The molecule has 5 heteroatoms. The second-order valence-electron chi connectivity index (χ2n) is 6.90. The molecule has 132 valence electrons. The first kappa shape index (κ1) is 17.4. The molecule has 1 unspecified atom stereocenters. The van der Waals surface area contributed by atoms with Crippen molar-refractivity contribution in [3.05, 3.63) is 35.9 Å². The molecule has 0 bridgehead atoms. The van der Waals surface area contributed by atoms with E-state index in [0.717, 1.165) is 45.6 Å². The third kappa shape index (κ3) is 4.79. The van der Waals surface area contributed by atoms with Gasteiger partial charge in [-0.05, 0) is 31.5 Å². The van der Waals surface area contributed by atoms with Crippen molar-refractivity contribution in [2.45, 2.75) is 38.0 Å². The van der Waals surface area contributed by atoms with Crippen LogP contribution < -0.4 is 5.32 Å². The predicted octanol–water partition coefficient (Wildman–Crippen LogP) is 1.49. The minimum absolute atomic E-state index is 0.0131. The average Bonchev–Trinajstić information content (AvgIpc) is 2.63. The van der Waals surface area contributed by atoms with Gasteiger partial charge in [0.25, 0.3) is 0 Å². The third-order valence-electron chi connectivity index (χ3n) is 5.12. The van der Waals surface area contributed by atoms with Crippen molar-refractivity contribution in [2.24, 2.45) is 0 Å². The van der Waals surface area contributed by atoms with Gasteiger partial charge in [-0.2, -0.15) is 0 Å². The predicted molar refractivity (Wildman–Crippen MR) is 94.7 cm³/mol. The lowest BCUT2D eigenvalue weighted by atomic mass is 10.0. The lowest BCUT2D eigenvalue weighted by Gasteiger charge is -2.35. The number of benzene rings is 1. The first-order chi connectivity index (χ1) is 11.7. The van der Waals surface area contributed by atoms with Crippen LogP contribution in [0.4, 0.5) is 0 Å². The van der Waals surface area contributed by atoms with Crippen molar-refractivity contribution in [3.8, 4) is 0 Å². The van der Waals surface area contributed by atoms with Gasteiger partial charge in [0.1, 0.15) is 0 Å². The number of hydrogen-bond donors (Lipinski definition) is 1. The van der Waals surface area contributed by atoms with Crippen molar-refractivity contribution in [3.63, 3.8) is 0 Å². The van der Waals surface area contributed by atoms with Gasteiger partial charge in [0.2, 0.25) is 5.91 Å². The average molecular weight is 331 g/mol. The van der Waals surface area contributed by atoms with Gasteiger partial charge in [-0.1, -0.05) is 30.3 Å². The van der Waals surface area contributed by atoms with E-state index in [-0.39, 0.29) is 12.0 Å². The molecule has 1 atom stereocenters. The van der Waals surface area contributed by atoms with Crippen LogP contribution >= 0.6 is 0 Å². The second kappa shape index (κ2) is 8.60. The lowest BCUT2D eigenvalue weighted by Crippen LogP contribution is -2.47. The zero-order valence-electron chi connectivity index (χ0n) is 14.6. The number of ether oxygens (including phenoxy) is 1. The Hall–Kier alpha value is -1.43. The van der Waals surface area contributed by atoms with Gasteiger partial charge >= 0.3 is 0 Å². The largest absolute Gasteiger partial charge is 0.375 e. The Kier molecular flexibility index (Phi) is 6.24. The smallest absolute Gasteiger partial charge is 0.225 e. The fourth-order valence-electron chi connectivity index (χ4n) is 3.63. The van der Waals surface area contributed by atoms with Crippen LogP contribution in [0.25, 0.3) is 0 Å². The summed E-state index contributed by atoms with van der Waals surface area (Å²) in [4.78, 5) is 16.9. The molecule has 2 saturated heterocycles. The molecule has 3 rings (SSSR count). The molecule has 24 heavy (non-hydrogen) atoms. The number of hydrogen-bond acceptors (Lipinski definition) is 4. The Bertz CT molecular complexity index is 517. The third-order valence-corrected chi connectivity index (χ3v) is 5.12. The van der Waals surface area contributed by atoms with Gasteiger partial charge in [-0.15, -0.1) is 0 Å². The molecule has 1 aromatic rings. The van der Waals surface area contributed by atoms with Crippen LogP contribution in [0.5, 0.6) is 0 Å². The zero-order chi connectivity index (χ0) is 16.8. The normalized spacial score (nSPS) is 23.1. The molecular formula is C19H29N3O2. The molecule has 0 aliphatic carbocycles. The standard InChI is InChI=1S/C19H29N3O2/c1-21(17-7-9-20-10-8-17)19(23)13-18-15-22(11-12-24-18)14-16-5-3-2-4-6-16/h2-6,17-18,20H,7-15H2,1H3. The topological polar surface area (TPSA) is 44.8 Å². The van der Waals surface area contributed by atoms with Crippen molar-refractivity contribution in [2.75, 3.05) is 39.8 Å². The lowest BCUT2D eigenvalue weighted by molar-refractivity contribution is -0.137. The van der Waals surface area contributed by atoms with Crippen LogP contribution in [0.2, 0.25) is 0 Å². The van der Waals surface area contributed by atoms with E-state index in [9.17, 15) is 4.79 Å². The van der Waals surface area contributed by atoms with Gasteiger partial charge in [0, 0.05) is 32.7 Å². The molecule has 0 aromatic heterocycles. The highest BCUT2D eigenvalue weighted by Gasteiger charge is 2.27. The highest BCUT2D eigenvalue weighted by Crippen LogP contribution is 2.16. The molecule has 1 N–H and O–H groups in total. The fourth-order valence-corrected chi connectivity index (χ4v) is 3.63. The Morgan fingerprint density at radius 1 is 1.29 bits per heavy atom.